The van der Waals surface area contributed by atoms with Gasteiger partial charge < -0.3 is 9.47 Å². The average Bonchev–Trinajstić information content (AvgIpc) is 2.33. The van der Waals surface area contributed by atoms with E-state index in [1.165, 1.54) is 0 Å². The smallest absolute Gasteiger partial charge is 0.305 e. The van der Waals surface area contributed by atoms with Crippen molar-refractivity contribution in [3.8, 4) is 0 Å². The van der Waals surface area contributed by atoms with Crippen LogP contribution in [0.3, 0.4) is 0 Å². The lowest BCUT2D eigenvalue weighted by Gasteiger charge is -2.03. The zero-order valence-corrected chi connectivity index (χ0v) is 12.9. The van der Waals surface area contributed by atoms with Gasteiger partial charge in [0.1, 0.15) is 13.2 Å². The standard InChI is InChI=1S/C11H18Br2O4/c12-6-8-16-10(14)4-2-1-3-5-11(15)17-9-7-13/h1-9H2. The number of unbranched alkanes of at least 4 members (excludes halogenated alkanes) is 2. The van der Waals surface area contributed by atoms with Gasteiger partial charge in [0.15, 0.2) is 0 Å². The Morgan fingerprint density at radius 2 is 1.18 bits per heavy atom. The highest BCUT2D eigenvalue weighted by molar-refractivity contribution is 9.09. The van der Waals surface area contributed by atoms with Crippen molar-refractivity contribution in [3.63, 3.8) is 0 Å². The van der Waals surface area contributed by atoms with E-state index in [1.807, 2.05) is 0 Å². The number of rotatable bonds is 10. The van der Waals surface area contributed by atoms with Crippen LogP contribution in [0.1, 0.15) is 32.1 Å². The van der Waals surface area contributed by atoms with Crippen LogP contribution in [-0.4, -0.2) is 35.8 Å². The summed E-state index contributed by atoms with van der Waals surface area (Å²) in [7, 11) is 0. The monoisotopic (exact) mass is 372 g/mol. The molecule has 0 unspecified atom stereocenters. The molecule has 0 saturated carbocycles. The SMILES string of the molecule is O=C(CCCCCC(=O)OCCBr)OCCBr. The summed E-state index contributed by atoms with van der Waals surface area (Å²) in [6.07, 6.45) is 3.19. The van der Waals surface area contributed by atoms with E-state index in [2.05, 4.69) is 31.9 Å². The predicted molar refractivity (Wildman–Crippen MR) is 72.6 cm³/mol. The number of carbonyl (C=O) groups excluding carboxylic acids is 2. The average molecular weight is 374 g/mol. The van der Waals surface area contributed by atoms with Crippen LogP contribution in [0.5, 0.6) is 0 Å². The van der Waals surface area contributed by atoms with Crippen LogP contribution in [0.15, 0.2) is 0 Å². The number of hydrogen-bond acceptors (Lipinski definition) is 4. The maximum atomic E-state index is 11.1. The molecule has 6 heteroatoms. The third-order valence-corrected chi connectivity index (χ3v) is 2.59. The van der Waals surface area contributed by atoms with E-state index in [4.69, 9.17) is 9.47 Å². The molecule has 0 N–H and O–H groups in total. The molecule has 0 aromatic carbocycles. The van der Waals surface area contributed by atoms with Crippen molar-refractivity contribution < 1.29 is 19.1 Å². The van der Waals surface area contributed by atoms with Crippen molar-refractivity contribution in [1.82, 2.24) is 0 Å². The van der Waals surface area contributed by atoms with Crippen molar-refractivity contribution in [3.05, 3.63) is 0 Å². The Balaban J connectivity index is 3.28. The van der Waals surface area contributed by atoms with Gasteiger partial charge >= 0.3 is 11.9 Å². The van der Waals surface area contributed by atoms with E-state index < -0.39 is 0 Å². The number of esters is 2. The number of carbonyl (C=O) groups is 2. The molecule has 0 fully saturated rings. The van der Waals surface area contributed by atoms with Crippen LogP contribution in [0, 0.1) is 0 Å². The molecular weight excluding hydrogens is 356 g/mol. The van der Waals surface area contributed by atoms with Gasteiger partial charge in [0, 0.05) is 23.5 Å². The van der Waals surface area contributed by atoms with E-state index in [9.17, 15) is 9.59 Å². The molecule has 0 aliphatic carbocycles. The van der Waals surface area contributed by atoms with Crippen LogP contribution in [0.4, 0.5) is 0 Å². The second-order valence-corrected chi connectivity index (χ2v) is 4.97. The summed E-state index contributed by atoms with van der Waals surface area (Å²) in [5.74, 6) is -0.349. The Morgan fingerprint density at radius 3 is 1.53 bits per heavy atom. The fourth-order valence-corrected chi connectivity index (χ4v) is 1.49. The molecule has 0 aliphatic rings. The molecular formula is C11H18Br2O4. The van der Waals surface area contributed by atoms with E-state index in [0.29, 0.717) is 36.7 Å². The third-order valence-electron chi connectivity index (χ3n) is 1.94. The van der Waals surface area contributed by atoms with E-state index in [0.717, 1.165) is 19.3 Å². The quantitative estimate of drug-likeness (QED) is 0.335. The van der Waals surface area contributed by atoms with Gasteiger partial charge in [0.05, 0.1) is 0 Å². The Morgan fingerprint density at radius 1 is 0.765 bits per heavy atom. The molecule has 0 heterocycles. The molecule has 17 heavy (non-hydrogen) atoms. The molecule has 0 aromatic heterocycles. The zero-order valence-electron chi connectivity index (χ0n) is 9.75. The molecule has 0 radical (unpaired) electrons. The minimum Gasteiger partial charge on any atom is -0.465 e. The third kappa shape index (κ3) is 12.2. The van der Waals surface area contributed by atoms with Crippen LogP contribution in [0.25, 0.3) is 0 Å². The highest BCUT2D eigenvalue weighted by Crippen LogP contribution is 2.05. The Bertz CT molecular complexity index is 200. The van der Waals surface area contributed by atoms with Crippen molar-refractivity contribution in [1.29, 1.82) is 0 Å². The van der Waals surface area contributed by atoms with Crippen molar-refractivity contribution in [2.75, 3.05) is 23.9 Å². The molecule has 0 aliphatic heterocycles. The molecule has 0 atom stereocenters. The molecule has 0 rings (SSSR count). The van der Waals surface area contributed by atoms with Crippen LogP contribution in [0.2, 0.25) is 0 Å². The lowest BCUT2D eigenvalue weighted by Crippen LogP contribution is -2.07. The van der Waals surface area contributed by atoms with Gasteiger partial charge in [-0.1, -0.05) is 38.3 Å². The summed E-state index contributed by atoms with van der Waals surface area (Å²) in [6.45, 7) is 0.829. The zero-order chi connectivity index (χ0) is 12.9. The normalized spacial score (nSPS) is 10.0. The highest BCUT2D eigenvalue weighted by Gasteiger charge is 2.04. The first-order chi connectivity index (χ1) is 8.20. The highest BCUT2D eigenvalue weighted by atomic mass is 79.9. The predicted octanol–water partition coefficient (Wildman–Crippen LogP) is 2.81. The molecule has 0 saturated heterocycles. The Kier molecular flexibility index (Phi) is 12.3. The summed E-state index contributed by atoms with van der Waals surface area (Å²) >= 11 is 6.35. The second-order valence-electron chi connectivity index (χ2n) is 3.38. The van der Waals surface area contributed by atoms with E-state index >= 15 is 0 Å². The van der Waals surface area contributed by atoms with Gasteiger partial charge in [-0.15, -0.1) is 0 Å². The van der Waals surface area contributed by atoms with Crippen molar-refractivity contribution >= 4 is 43.8 Å². The summed E-state index contributed by atoms with van der Waals surface area (Å²) in [6, 6.07) is 0. The van der Waals surface area contributed by atoms with Gasteiger partial charge in [-0.25, -0.2) is 0 Å². The maximum Gasteiger partial charge on any atom is 0.305 e. The fourth-order valence-electron chi connectivity index (χ4n) is 1.16. The fraction of sp³-hybridized carbons (Fsp3) is 0.818. The molecule has 0 bridgehead atoms. The summed E-state index contributed by atoms with van der Waals surface area (Å²) in [5.41, 5.74) is 0. The molecule has 100 valence electrons. The maximum absolute atomic E-state index is 11.1. The number of alkyl halides is 2. The van der Waals surface area contributed by atoms with Crippen LogP contribution >= 0.6 is 31.9 Å². The molecule has 0 amide bonds. The Labute approximate surface area is 119 Å². The lowest BCUT2D eigenvalue weighted by molar-refractivity contribution is -0.143. The van der Waals surface area contributed by atoms with Crippen LogP contribution < -0.4 is 0 Å². The first kappa shape index (κ1) is 16.9. The summed E-state index contributed by atoms with van der Waals surface area (Å²) < 4.78 is 9.78. The minimum atomic E-state index is -0.175. The van der Waals surface area contributed by atoms with Crippen LogP contribution in [-0.2, 0) is 19.1 Å². The lowest BCUT2D eigenvalue weighted by atomic mass is 10.1. The molecule has 4 nitrogen and oxygen atoms in total. The van der Waals surface area contributed by atoms with Gasteiger partial charge in [-0.2, -0.15) is 0 Å². The van der Waals surface area contributed by atoms with Crippen molar-refractivity contribution in [2.45, 2.75) is 32.1 Å². The second kappa shape index (κ2) is 12.4. The first-order valence-electron chi connectivity index (χ1n) is 5.64. The van der Waals surface area contributed by atoms with Gasteiger partial charge in [0.25, 0.3) is 0 Å². The number of halogens is 2. The van der Waals surface area contributed by atoms with E-state index in [1.54, 1.807) is 0 Å². The van der Waals surface area contributed by atoms with E-state index in [-0.39, 0.29) is 11.9 Å². The van der Waals surface area contributed by atoms with Gasteiger partial charge in [-0.3, -0.25) is 9.59 Å². The van der Waals surface area contributed by atoms with Gasteiger partial charge in [0.2, 0.25) is 0 Å². The van der Waals surface area contributed by atoms with Crippen molar-refractivity contribution in [2.24, 2.45) is 0 Å². The summed E-state index contributed by atoms with van der Waals surface area (Å²) in [4.78, 5) is 22.2. The van der Waals surface area contributed by atoms with Gasteiger partial charge in [-0.05, 0) is 12.8 Å². The summed E-state index contributed by atoms with van der Waals surface area (Å²) in [5, 5.41) is 1.33. The Hall–Kier alpha value is -0.100. The molecule has 0 spiro atoms. The first-order valence-corrected chi connectivity index (χ1v) is 7.88. The minimum absolute atomic E-state index is 0.175. The topological polar surface area (TPSA) is 52.6 Å². The number of ether oxygens (including phenoxy) is 2. The molecule has 0 aromatic rings. The number of hydrogen-bond donors (Lipinski definition) is 0. The largest absolute Gasteiger partial charge is 0.465 e.